The van der Waals surface area contributed by atoms with Crippen LogP contribution >= 0.6 is 0 Å². The van der Waals surface area contributed by atoms with Crippen LogP contribution < -0.4 is 0 Å². The lowest BCUT2D eigenvalue weighted by Gasteiger charge is -2.01. The van der Waals surface area contributed by atoms with E-state index in [1.54, 1.807) is 12.2 Å². The molecule has 0 saturated heterocycles. The Labute approximate surface area is 111 Å². The monoisotopic (exact) mass is 242 g/mol. The summed E-state index contributed by atoms with van der Waals surface area (Å²) in [5.41, 5.74) is 0. The highest BCUT2D eigenvalue weighted by molar-refractivity contribution is 5.31. The molecule has 0 aliphatic heterocycles. The molecule has 96 valence electrons. The Morgan fingerprint density at radius 1 is 1.28 bits per heavy atom. The van der Waals surface area contributed by atoms with E-state index in [0.29, 0.717) is 0 Å². The predicted octanol–water partition coefficient (Wildman–Crippen LogP) is 3.62. The molecule has 0 aromatic heterocycles. The third kappa shape index (κ3) is 12.4. The van der Waals surface area contributed by atoms with Crippen LogP contribution in [0.15, 0.2) is 37.0 Å². The summed E-state index contributed by atoms with van der Waals surface area (Å²) in [5, 5.41) is 9.56. The SMILES string of the molecule is C=CCCCC(O)C=CC=CC#CC#CCCC. The minimum atomic E-state index is -0.382. The summed E-state index contributed by atoms with van der Waals surface area (Å²) in [7, 11) is 0. The second kappa shape index (κ2) is 13.4. The Kier molecular flexibility index (Phi) is 12.1. The highest BCUT2D eigenvalue weighted by Crippen LogP contribution is 2.02. The highest BCUT2D eigenvalue weighted by Gasteiger charge is 1.95. The summed E-state index contributed by atoms with van der Waals surface area (Å²) in [6.45, 7) is 5.73. The number of aliphatic hydroxyl groups excluding tert-OH is 1. The van der Waals surface area contributed by atoms with Gasteiger partial charge in [0.15, 0.2) is 0 Å². The van der Waals surface area contributed by atoms with Crippen LogP contribution in [0.5, 0.6) is 0 Å². The van der Waals surface area contributed by atoms with Gasteiger partial charge in [-0.2, -0.15) is 0 Å². The molecule has 0 amide bonds. The van der Waals surface area contributed by atoms with E-state index >= 15 is 0 Å². The summed E-state index contributed by atoms with van der Waals surface area (Å²) in [5.74, 6) is 11.3. The molecule has 0 aromatic rings. The minimum Gasteiger partial charge on any atom is -0.389 e. The van der Waals surface area contributed by atoms with Crippen LogP contribution in [0.4, 0.5) is 0 Å². The molecule has 0 aromatic carbocycles. The second-order valence-electron chi connectivity index (χ2n) is 3.85. The van der Waals surface area contributed by atoms with Crippen LogP contribution in [0.2, 0.25) is 0 Å². The molecule has 0 radical (unpaired) electrons. The molecule has 0 rings (SSSR count). The normalized spacial score (nSPS) is 11.7. The summed E-state index contributed by atoms with van der Waals surface area (Å²) in [6.07, 6.45) is 13.2. The zero-order valence-electron chi connectivity index (χ0n) is 11.2. The van der Waals surface area contributed by atoms with Crippen molar-refractivity contribution in [2.75, 3.05) is 0 Å². The van der Waals surface area contributed by atoms with Crippen molar-refractivity contribution in [3.63, 3.8) is 0 Å². The van der Waals surface area contributed by atoms with E-state index in [1.807, 2.05) is 18.2 Å². The minimum absolute atomic E-state index is 0.382. The van der Waals surface area contributed by atoms with Crippen molar-refractivity contribution in [3.05, 3.63) is 37.0 Å². The molecule has 0 aliphatic rings. The average molecular weight is 242 g/mol. The second-order valence-corrected chi connectivity index (χ2v) is 3.85. The van der Waals surface area contributed by atoms with Gasteiger partial charge < -0.3 is 5.11 Å². The van der Waals surface area contributed by atoms with Gasteiger partial charge in [0.2, 0.25) is 0 Å². The Bertz CT molecular complexity index is 379. The third-order valence-electron chi connectivity index (χ3n) is 2.13. The van der Waals surface area contributed by atoms with Crippen LogP contribution in [-0.2, 0) is 0 Å². The Hall–Kier alpha value is -1.70. The molecule has 1 atom stereocenters. The molecule has 1 heteroatoms. The lowest BCUT2D eigenvalue weighted by atomic mass is 10.1. The molecule has 0 fully saturated rings. The summed E-state index contributed by atoms with van der Waals surface area (Å²) < 4.78 is 0. The zero-order valence-corrected chi connectivity index (χ0v) is 11.2. The lowest BCUT2D eigenvalue weighted by Crippen LogP contribution is -2.00. The Morgan fingerprint density at radius 3 is 2.83 bits per heavy atom. The van der Waals surface area contributed by atoms with Crippen LogP contribution in [0.25, 0.3) is 0 Å². The first kappa shape index (κ1) is 16.3. The maximum absolute atomic E-state index is 9.56. The number of unbranched alkanes of at least 4 members (excludes halogenated alkanes) is 2. The van der Waals surface area contributed by atoms with Gasteiger partial charge in [-0.3, -0.25) is 0 Å². The predicted molar refractivity (Wildman–Crippen MR) is 78.8 cm³/mol. The van der Waals surface area contributed by atoms with Gasteiger partial charge in [0.25, 0.3) is 0 Å². The van der Waals surface area contributed by atoms with E-state index < -0.39 is 0 Å². The van der Waals surface area contributed by atoms with Crippen LogP contribution in [0, 0.1) is 23.7 Å². The Balaban J connectivity index is 3.80. The standard InChI is InChI=1S/C17H22O/c1-3-5-7-8-9-10-11-12-14-16-17(18)15-13-6-4-2/h4,11-12,14,16-18H,2-3,5-6,13,15H2,1H3. The summed E-state index contributed by atoms with van der Waals surface area (Å²) in [6, 6.07) is 0. The fourth-order valence-corrected chi connectivity index (χ4v) is 1.17. The molecule has 0 heterocycles. The van der Waals surface area contributed by atoms with Gasteiger partial charge in [-0.15, -0.1) is 6.58 Å². The fraction of sp³-hybridized carbons (Fsp3) is 0.412. The van der Waals surface area contributed by atoms with Crippen molar-refractivity contribution >= 4 is 0 Å². The largest absolute Gasteiger partial charge is 0.389 e. The van der Waals surface area contributed by atoms with Gasteiger partial charge in [0.05, 0.1) is 6.10 Å². The first-order valence-electron chi connectivity index (χ1n) is 6.42. The van der Waals surface area contributed by atoms with Crippen molar-refractivity contribution in [1.29, 1.82) is 0 Å². The lowest BCUT2D eigenvalue weighted by molar-refractivity contribution is 0.210. The van der Waals surface area contributed by atoms with E-state index in [0.717, 1.165) is 32.1 Å². The number of hydrogen-bond acceptors (Lipinski definition) is 1. The van der Waals surface area contributed by atoms with Crippen molar-refractivity contribution in [2.24, 2.45) is 0 Å². The van der Waals surface area contributed by atoms with E-state index in [-0.39, 0.29) is 6.10 Å². The average Bonchev–Trinajstić information content (AvgIpc) is 2.37. The first-order valence-corrected chi connectivity index (χ1v) is 6.42. The molecular formula is C17H22O. The number of hydrogen-bond donors (Lipinski definition) is 1. The van der Waals surface area contributed by atoms with Gasteiger partial charge in [-0.05, 0) is 43.6 Å². The molecule has 0 saturated carbocycles. The van der Waals surface area contributed by atoms with E-state index in [1.165, 1.54) is 0 Å². The van der Waals surface area contributed by atoms with Gasteiger partial charge in [-0.1, -0.05) is 43.1 Å². The van der Waals surface area contributed by atoms with E-state index in [4.69, 9.17) is 0 Å². The molecule has 0 aliphatic carbocycles. The smallest absolute Gasteiger partial charge is 0.0724 e. The Morgan fingerprint density at radius 2 is 2.11 bits per heavy atom. The number of rotatable bonds is 7. The van der Waals surface area contributed by atoms with Crippen molar-refractivity contribution in [3.8, 4) is 23.7 Å². The maximum Gasteiger partial charge on any atom is 0.0724 e. The quantitative estimate of drug-likeness (QED) is 0.313. The molecule has 0 spiro atoms. The maximum atomic E-state index is 9.56. The summed E-state index contributed by atoms with van der Waals surface area (Å²) in [4.78, 5) is 0. The van der Waals surface area contributed by atoms with Crippen molar-refractivity contribution < 1.29 is 5.11 Å². The number of aliphatic hydroxyl groups is 1. The van der Waals surface area contributed by atoms with E-state index in [2.05, 4.69) is 37.2 Å². The van der Waals surface area contributed by atoms with Crippen molar-refractivity contribution in [1.82, 2.24) is 0 Å². The van der Waals surface area contributed by atoms with Crippen LogP contribution in [0.1, 0.15) is 39.0 Å². The molecule has 1 N–H and O–H groups in total. The van der Waals surface area contributed by atoms with E-state index in [9.17, 15) is 5.11 Å². The highest BCUT2D eigenvalue weighted by atomic mass is 16.3. The first-order chi connectivity index (χ1) is 8.81. The molecule has 1 nitrogen and oxygen atoms in total. The number of allylic oxidation sites excluding steroid dienone is 4. The summed E-state index contributed by atoms with van der Waals surface area (Å²) >= 11 is 0. The third-order valence-corrected chi connectivity index (χ3v) is 2.13. The van der Waals surface area contributed by atoms with Gasteiger partial charge >= 0.3 is 0 Å². The fourth-order valence-electron chi connectivity index (χ4n) is 1.17. The molecule has 1 unspecified atom stereocenters. The molecular weight excluding hydrogens is 220 g/mol. The van der Waals surface area contributed by atoms with Gasteiger partial charge in [0, 0.05) is 6.42 Å². The van der Waals surface area contributed by atoms with Crippen molar-refractivity contribution in [2.45, 2.75) is 45.1 Å². The zero-order chi connectivity index (χ0) is 13.5. The molecule has 0 bridgehead atoms. The van der Waals surface area contributed by atoms with Gasteiger partial charge in [-0.25, -0.2) is 0 Å². The van der Waals surface area contributed by atoms with Crippen LogP contribution in [-0.4, -0.2) is 11.2 Å². The topological polar surface area (TPSA) is 20.2 Å². The van der Waals surface area contributed by atoms with Crippen LogP contribution in [0.3, 0.4) is 0 Å². The van der Waals surface area contributed by atoms with Gasteiger partial charge in [0.1, 0.15) is 0 Å². The molecule has 18 heavy (non-hydrogen) atoms.